The molecule has 0 aliphatic rings. The third-order valence-corrected chi connectivity index (χ3v) is 4.18. The first kappa shape index (κ1) is 19.7. The maximum Gasteiger partial charge on any atom is 0.417 e. The Balaban J connectivity index is 1.83. The van der Waals surface area contributed by atoms with E-state index in [1.54, 1.807) is 0 Å². The van der Waals surface area contributed by atoms with Crippen molar-refractivity contribution >= 4 is 34.7 Å². The molecule has 0 amide bonds. The minimum atomic E-state index is -4.53. The molecule has 0 unspecified atom stereocenters. The number of nitrogen functional groups attached to an aromatic ring is 1. The van der Waals surface area contributed by atoms with Crippen LogP contribution < -0.4 is 16.0 Å². The molecule has 3 rings (SSSR count). The van der Waals surface area contributed by atoms with Gasteiger partial charge in [0.15, 0.2) is 11.6 Å². The number of alkyl halides is 3. The molecule has 10 heteroatoms. The predicted molar refractivity (Wildman–Crippen MR) is 103 cm³/mol. The Kier molecular flexibility index (Phi) is 5.55. The van der Waals surface area contributed by atoms with E-state index >= 15 is 0 Å². The number of hydrogen-bond donors (Lipinski definition) is 2. The van der Waals surface area contributed by atoms with Gasteiger partial charge in [0.05, 0.1) is 10.6 Å². The van der Waals surface area contributed by atoms with Crippen molar-refractivity contribution in [1.29, 1.82) is 0 Å². The fraction of sp³-hybridized carbons (Fsp3) is 0.167. The molecule has 28 heavy (non-hydrogen) atoms. The SMILES string of the molecule is CN(Cc1ccccc1)c1ncnc(Nc2ncc(C(F)(F)F)cc2Cl)c1N. The van der Waals surface area contributed by atoms with Crippen molar-refractivity contribution in [3.63, 3.8) is 0 Å². The summed E-state index contributed by atoms with van der Waals surface area (Å²) >= 11 is 5.93. The fourth-order valence-corrected chi connectivity index (χ4v) is 2.73. The van der Waals surface area contributed by atoms with Crippen LogP contribution in [0.15, 0.2) is 48.9 Å². The zero-order chi connectivity index (χ0) is 20.3. The van der Waals surface area contributed by atoms with Gasteiger partial charge in [-0.2, -0.15) is 13.2 Å². The van der Waals surface area contributed by atoms with Crippen LogP contribution in [0.3, 0.4) is 0 Å². The van der Waals surface area contributed by atoms with Crippen LogP contribution in [0.5, 0.6) is 0 Å². The van der Waals surface area contributed by atoms with Crippen molar-refractivity contribution in [2.45, 2.75) is 12.7 Å². The van der Waals surface area contributed by atoms with Crippen molar-refractivity contribution in [3.8, 4) is 0 Å². The second-order valence-corrected chi connectivity index (χ2v) is 6.39. The third-order valence-electron chi connectivity index (χ3n) is 3.89. The summed E-state index contributed by atoms with van der Waals surface area (Å²) in [5.41, 5.74) is 6.49. The highest BCUT2D eigenvalue weighted by Crippen LogP contribution is 2.34. The molecule has 3 aromatic rings. The van der Waals surface area contributed by atoms with E-state index in [1.807, 2.05) is 42.3 Å². The minimum absolute atomic E-state index is 0.0109. The average Bonchev–Trinajstić information content (AvgIpc) is 2.64. The highest BCUT2D eigenvalue weighted by molar-refractivity contribution is 6.33. The van der Waals surface area contributed by atoms with E-state index in [2.05, 4.69) is 20.3 Å². The highest BCUT2D eigenvalue weighted by atomic mass is 35.5. The maximum absolute atomic E-state index is 12.7. The van der Waals surface area contributed by atoms with Crippen molar-refractivity contribution < 1.29 is 13.2 Å². The van der Waals surface area contributed by atoms with Crippen LogP contribution in [-0.4, -0.2) is 22.0 Å². The van der Waals surface area contributed by atoms with Gasteiger partial charge in [0.25, 0.3) is 0 Å². The van der Waals surface area contributed by atoms with Gasteiger partial charge in [0, 0.05) is 19.8 Å². The Labute approximate surface area is 164 Å². The van der Waals surface area contributed by atoms with E-state index < -0.39 is 11.7 Å². The molecule has 0 bridgehead atoms. The number of pyridine rings is 1. The van der Waals surface area contributed by atoms with Gasteiger partial charge in [-0.25, -0.2) is 15.0 Å². The quantitative estimate of drug-likeness (QED) is 0.646. The van der Waals surface area contributed by atoms with E-state index in [-0.39, 0.29) is 22.3 Å². The lowest BCUT2D eigenvalue weighted by molar-refractivity contribution is -0.137. The molecule has 146 valence electrons. The van der Waals surface area contributed by atoms with Gasteiger partial charge in [0.2, 0.25) is 0 Å². The van der Waals surface area contributed by atoms with Gasteiger partial charge < -0.3 is 16.0 Å². The van der Waals surface area contributed by atoms with Gasteiger partial charge in [-0.15, -0.1) is 0 Å². The summed E-state index contributed by atoms with van der Waals surface area (Å²) in [6, 6.07) is 10.5. The smallest absolute Gasteiger partial charge is 0.393 e. The van der Waals surface area contributed by atoms with Crippen molar-refractivity contribution in [2.24, 2.45) is 0 Å². The number of nitrogens with two attached hydrogens (primary N) is 1. The minimum Gasteiger partial charge on any atom is -0.393 e. The van der Waals surface area contributed by atoms with Gasteiger partial charge in [-0.3, -0.25) is 0 Å². The molecule has 0 saturated carbocycles. The highest BCUT2D eigenvalue weighted by Gasteiger charge is 2.31. The van der Waals surface area contributed by atoms with Crippen LogP contribution >= 0.6 is 11.6 Å². The molecule has 0 saturated heterocycles. The lowest BCUT2D eigenvalue weighted by Crippen LogP contribution is -2.20. The first-order valence-corrected chi connectivity index (χ1v) is 8.49. The summed E-state index contributed by atoms with van der Waals surface area (Å²) in [6.45, 7) is 0.556. The molecule has 0 aliphatic carbocycles. The lowest BCUT2D eigenvalue weighted by atomic mass is 10.2. The van der Waals surface area contributed by atoms with Crippen molar-refractivity contribution in [1.82, 2.24) is 15.0 Å². The Morgan fingerprint density at radius 1 is 1.11 bits per heavy atom. The summed E-state index contributed by atoms with van der Waals surface area (Å²) in [5, 5.41) is 2.56. The topological polar surface area (TPSA) is 80.0 Å². The fourth-order valence-electron chi connectivity index (χ4n) is 2.52. The summed E-state index contributed by atoms with van der Waals surface area (Å²) in [7, 11) is 1.82. The number of nitrogens with zero attached hydrogens (tertiary/aromatic N) is 4. The van der Waals surface area contributed by atoms with E-state index in [0.717, 1.165) is 11.6 Å². The molecule has 6 nitrogen and oxygen atoms in total. The number of rotatable bonds is 5. The van der Waals surface area contributed by atoms with Crippen molar-refractivity contribution in [3.05, 3.63) is 65.1 Å². The zero-order valence-corrected chi connectivity index (χ0v) is 15.5. The number of aromatic nitrogens is 3. The van der Waals surface area contributed by atoms with Gasteiger partial charge in [-0.05, 0) is 11.6 Å². The number of benzene rings is 1. The normalized spacial score (nSPS) is 11.3. The third kappa shape index (κ3) is 4.42. The molecule has 3 N–H and O–H groups in total. The van der Waals surface area contributed by atoms with Gasteiger partial charge in [-0.1, -0.05) is 41.9 Å². The van der Waals surface area contributed by atoms with Crippen molar-refractivity contribution in [2.75, 3.05) is 23.0 Å². The first-order valence-electron chi connectivity index (χ1n) is 8.11. The van der Waals surface area contributed by atoms with Gasteiger partial charge >= 0.3 is 6.18 Å². The molecular formula is C18H16ClF3N6. The molecule has 2 heterocycles. The Morgan fingerprint density at radius 2 is 1.82 bits per heavy atom. The first-order chi connectivity index (χ1) is 13.3. The molecule has 1 aromatic carbocycles. The summed E-state index contributed by atoms with van der Waals surface area (Å²) < 4.78 is 38.2. The maximum atomic E-state index is 12.7. The second-order valence-electron chi connectivity index (χ2n) is 5.98. The number of halogens is 4. The number of nitrogens with one attached hydrogen (secondary N) is 1. The van der Waals surface area contributed by atoms with Gasteiger partial charge in [0.1, 0.15) is 17.8 Å². The molecule has 0 atom stereocenters. The molecule has 2 aromatic heterocycles. The monoisotopic (exact) mass is 408 g/mol. The summed E-state index contributed by atoms with van der Waals surface area (Å²) in [5.74, 6) is 0.667. The van der Waals surface area contributed by atoms with E-state index in [4.69, 9.17) is 17.3 Å². The standard InChI is InChI=1S/C18H16ClF3N6/c1-28(9-11-5-3-2-4-6-11)17-14(23)16(25-10-26-17)27-15-13(19)7-12(8-24-15)18(20,21)22/h2-8,10H,9,23H2,1H3,(H,24,25,26,27). The number of hydrogen-bond acceptors (Lipinski definition) is 6. The number of anilines is 4. The lowest BCUT2D eigenvalue weighted by Gasteiger charge is -2.21. The molecular weight excluding hydrogens is 393 g/mol. The van der Waals surface area contributed by atoms with Crippen LogP contribution in [0, 0.1) is 0 Å². The van der Waals surface area contributed by atoms with E-state index in [1.165, 1.54) is 6.33 Å². The average molecular weight is 409 g/mol. The van der Waals surface area contributed by atoms with Crippen LogP contribution in [-0.2, 0) is 12.7 Å². The zero-order valence-electron chi connectivity index (χ0n) is 14.7. The summed E-state index contributed by atoms with van der Waals surface area (Å²) in [4.78, 5) is 13.8. The van der Waals surface area contributed by atoms with Crippen LogP contribution in [0.1, 0.15) is 11.1 Å². The molecule has 0 radical (unpaired) electrons. The molecule has 0 fully saturated rings. The Hall–Kier alpha value is -3.07. The largest absolute Gasteiger partial charge is 0.417 e. The van der Waals surface area contributed by atoms with E-state index in [9.17, 15) is 13.2 Å². The Bertz CT molecular complexity index is 965. The Morgan fingerprint density at radius 3 is 2.46 bits per heavy atom. The molecule has 0 aliphatic heterocycles. The molecule has 0 spiro atoms. The van der Waals surface area contributed by atoms with Crippen LogP contribution in [0.4, 0.5) is 36.3 Å². The van der Waals surface area contributed by atoms with Crippen LogP contribution in [0.25, 0.3) is 0 Å². The van der Waals surface area contributed by atoms with E-state index in [0.29, 0.717) is 18.6 Å². The van der Waals surface area contributed by atoms with Crippen LogP contribution in [0.2, 0.25) is 5.02 Å². The second kappa shape index (κ2) is 7.89. The predicted octanol–water partition coefficient (Wildman–Crippen LogP) is 4.51. The summed E-state index contributed by atoms with van der Waals surface area (Å²) in [6.07, 6.45) is -2.54.